The Morgan fingerprint density at radius 1 is 1.14 bits per heavy atom. The maximum absolute atomic E-state index is 12.0. The van der Waals surface area contributed by atoms with Crippen molar-refractivity contribution in [1.82, 2.24) is 0 Å². The summed E-state index contributed by atoms with van der Waals surface area (Å²) in [4.78, 5) is 14.0. The van der Waals surface area contributed by atoms with Crippen molar-refractivity contribution in [2.24, 2.45) is 0 Å². The predicted molar refractivity (Wildman–Crippen MR) is 94.1 cm³/mol. The molecule has 0 atom stereocenters. The minimum absolute atomic E-state index is 0.109. The monoisotopic (exact) mass is 317 g/mol. The number of anilines is 3. The number of hydrogen-bond donors (Lipinski definition) is 2. The van der Waals surface area contributed by atoms with E-state index in [4.69, 9.17) is 11.6 Å². The molecule has 0 aliphatic heterocycles. The largest absolute Gasteiger partial charge is 0.378 e. The summed E-state index contributed by atoms with van der Waals surface area (Å²) in [5.41, 5.74) is 3.74. The van der Waals surface area contributed by atoms with Crippen LogP contribution in [-0.2, 0) is 4.79 Å². The molecule has 0 aromatic heterocycles. The lowest BCUT2D eigenvalue weighted by Crippen LogP contribution is -2.22. The lowest BCUT2D eigenvalue weighted by molar-refractivity contribution is -0.114. The molecule has 2 aromatic rings. The van der Waals surface area contributed by atoms with Crippen LogP contribution in [0, 0.1) is 6.92 Å². The molecule has 0 saturated carbocycles. The van der Waals surface area contributed by atoms with Crippen LogP contribution in [0.5, 0.6) is 0 Å². The second kappa shape index (κ2) is 7.18. The predicted octanol–water partition coefficient (Wildman–Crippen LogP) is 3.77. The average molecular weight is 318 g/mol. The van der Waals surface area contributed by atoms with E-state index < -0.39 is 0 Å². The smallest absolute Gasteiger partial charge is 0.243 e. The Bertz CT molecular complexity index is 653. The van der Waals surface area contributed by atoms with E-state index in [0.717, 1.165) is 22.6 Å². The highest BCUT2D eigenvalue weighted by Gasteiger charge is 2.05. The summed E-state index contributed by atoms with van der Waals surface area (Å²) in [6.07, 6.45) is 0. The third kappa shape index (κ3) is 4.40. The van der Waals surface area contributed by atoms with Gasteiger partial charge in [-0.15, -0.1) is 0 Å². The van der Waals surface area contributed by atoms with Crippen molar-refractivity contribution < 1.29 is 4.79 Å². The zero-order chi connectivity index (χ0) is 16.1. The molecule has 4 nitrogen and oxygen atoms in total. The van der Waals surface area contributed by atoms with E-state index in [1.54, 1.807) is 12.1 Å². The summed E-state index contributed by atoms with van der Waals surface area (Å²) >= 11 is 5.94. The fraction of sp³-hybridized carbons (Fsp3) is 0.235. The van der Waals surface area contributed by atoms with E-state index in [9.17, 15) is 4.79 Å². The minimum atomic E-state index is -0.109. The van der Waals surface area contributed by atoms with Crippen LogP contribution in [0.15, 0.2) is 42.5 Å². The van der Waals surface area contributed by atoms with Crippen molar-refractivity contribution in [2.45, 2.75) is 6.92 Å². The Hall–Kier alpha value is -2.20. The lowest BCUT2D eigenvalue weighted by atomic mass is 10.2. The van der Waals surface area contributed by atoms with Crippen LogP contribution in [-0.4, -0.2) is 26.5 Å². The zero-order valence-electron chi connectivity index (χ0n) is 13.0. The van der Waals surface area contributed by atoms with Crippen molar-refractivity contribution in [3.63, 3.8) is 0 Å². The van der Waals surface area contributed by atoms with Crippen molar-refractivity contribution >= 4 is 34.6 Å². The molecule has 2 rings (SSSR count). The number of hydrogen-bond acceptors (Lipinski definition) is 3. The first kappa shape index (κ1) is 16.2. The number of halogens is 1. The highest BCUT2D eigenvalue weighted by molar-refractivity contribution is 6.31. The van der Waals surface area contributed by atoms with E-state index in [1.807, 2.05) is 56.3 Å². The molecule has 0 spiro atoms. The van der Waals surface area contributed by atoms with Crippen LogP contribution >= 0.6 is 11.6 Å². The molecule has 116 valence electrons. The molecule has 1 amide bonds. The van der Waals surface area contributed by atoms with Gasteiger partial charge in [-0.25, -0.2) is 0 Å². The number of nitrogens with one attached hydrogen (secondary N) is 2. The maximum atomic E-state index is 12.0. The van der Waals surface area contributed by atoms with Crippen molar-refractivity contribution in [1.29, 1.82) is 0 Å². The molecule has 5 heteroatoms. The SMILES string of the molecule is Cc1ccc(Cl)cc1NC(=O)CNc1ccc(N(C)C)cc1. The van der Waals surface area contributed by atoms with Gasteiger partial charge in [0.15, 0.2) is 0 Å². The first-order valence-electron chi connectivity index (χ1n) is 7.03. The van der Waals surface area contributed by atoms with E-state index in [1.165, 1.54) is 0 Å². The molecule has 0 heterocycles. The molecule has 0 aliphatic rings. The van der Waals surface area contributed by atoms with Crippen LogP contribution < -0.4 is 15.5 Å². The summed E-state index contributed by atoms with van der Waals surface area (Å²) in [7, 11) is 3.98. The van der Waals surface area contributed by atoms with E-state index in [2.05, 4.69) is 10.6 Å². The van der Waals surface area contributed by atoms with Gasteiger partial charge in [0.05, 0.1) is 6.54 Å². The average Bonchev–Trinajstić information content (AvgIpc) is 2.49. The number of amides is 1. The summed E-state index contributed by atoms with van der Waals surface area (Å²) in [5, 5.41) is 6.56. The third-order valence-electron chi connectivity index (χ3n) is 3.31. The van der Waals surface area contributed by atoms with Gasteiger partial charge >= 0.3 is 0 Å². The maximum Gasteiger partial charge on any atom is 0.243 e. The second-order valence-corrected chi connectivity index (χ2v) is 5.74. The molecule has 0 fully saturated rings. The minimum Gasteiger partial charge on any atom is -0.378 e. The van der Waals surface area contributed by atoms with Crippen LogP contribution in [0.4, 0.5) is 17.1 Å². The second-order valence-electron chi connectivity index (χ2n) is 5.30. The number of rotatable bonds is 5. The number of carbonyl (C=O) groups excluding carboxylic acids is 1. The van der Waals surface area contributed by atoms with Crippen LogP contribution in [0.3, 0.4) is 0 Å². The highest BCUT2D eigenvalue weighted by Crippen LogP contribution is 2.20. The highest BCUT2D eigenvalue weighted by atomic mass is 35.5. The Morgan fingerprint density at radius 3 is 2.45 bits per heavy atom. The van der Waals surface area contributed by atoms with Gasteiger partial charge in [0.2, 0.25) is 5.91 Å². The van der Waals surface area contributed by atoms with Gasteiger partial charge in [-0.05, 0) is 48.9 Å². The fourth-order valence-corrected chi connectivity index (χ4v) is 2.16. The molecule has 22 heavy (non-hydrogen) atoms. The van der Waals surface area contributed by atoms with E-state index in [0.29, 0.717) is 5.02 Å². The standard InChI is InChI=1S/C17H20ClN3O/c1-12-4-5-13(18)10-16(12)20-17(22)11-19-14-6-8-15(9-7-14)21(2)3/h4-10,19H,11H2,1-3H3,(H,20,22). The Kier molecular flexibility index (Phi) is 5.28. The Labute approximate surface area is 136 Å². The van der Waals surface area contributed by atoms with E-state index in [-0.39, 0.29) is 12.5 Å². The summed E-state index contributed by atoms with van der Waals surface area (Å²) in [6, 6.07) is 13.3. The summed E-state index contributed by atoms with van der Waals surface area (Å²) < 4.78 is 0. The first-order valence-corrected chi connectivity index (χ1v) is 7.41. The molecule has 0 saturated heterocycles. The molecular formula is C17H20ClN3O. The fourth-order valence-electron chi connectivity index (χ4n) is 1.98. The van der Waals surface area contributed by atoms with Crippen molar-refractivity contribution in [3.8, 4) is 0 Å². The molecule has 0 unspecified atom stereocenters. The third-order valence-corrected chi connectivity index (χ3v) is 3.55. The topological polar surface area (TPSA) is 44.4 Å². The lowest BCUT2D eigenvalue weighted by Gasteiger charge is -2.13. The van der Waals surface area contributed by atoms with Crippen LogP contribution in [0.25, 0.3) is 0 Å². The number of benzene rings is 2. The van der Waals surface area contributed by atoms with Gasteiger partial charge in [-0.1, -0.05) is 17.7 Å². The molecule has 0 aliphatic carbocycles. The van der Waals surface area contributed by atoms with E-state index >= 15 is 0 Å². The summed E-state index contributed by atoms with van der Waals surface area (Å²) in [5.74, 6) is -0.109. The zero-order valence-corrected chi connectivity index (χ0v) is 13.7. The first-order chi connectivity index (χ1) is 10.5. The quantitative estimate of drug-likeness (QED) is 0.882. The van der Waals surface area contributed by atoms with Gasteiger partial charge in [-0.2, -0.15) is 0 Å². The molecule has 0 radical (unpaired) electrons. The van der Waals surface area contributed by atoms with Crippen molar-refractivity contribution in [3.05, 3.63) is 53.1 Å². The van der Waals surface area contributed by atoms with Gasteiger partial charge < -0.3 is 15.5 Å². The Balaban J connectivity index is 1.91. The van der Waals surface area contributed by atoms with Gasteiger partial charge in [-0.3, -0.25) is 4.79 Å². The van der Waals surface area contributed by atoms with Gasteiger partial charge in [0.1, 0.15) is 0 Å². The number of carbonyl (C=O) groups is 1. The van der Waals surface area contributed by atoms with Gasteiger partial charge in [0, 0.05) is 36.2 Å². The van der Waals surface area contributed by atoms with Gasteiger partial charge in [0.25, 0.3) is 0 Å². The molecule has 0 bridgehead atoms. The number of aryl methyl sites for hydroxylation is 1. The Morgan fingerprint density at radius 2 is 1.82 bits per heavy atom. The van der Waals surface area contributed by atoms with Crippen LogP contribution in [0.1, 0.15) is 5.56 Å². The summed E-state index contributed by atoms with van der Waals surface area (Å²) in [6.45, 7) is 2.13. The normalized spacial score (nSPS) is 10.2. The molecule has 2 aromatic carbocycles. The number of nitrogens with zero attached hydrogens (tertiary/aromatic N) is 1. The van der Waals surface area contributed by atoms with Crippen LogP contribution in [0.2, 0.25) is 5.02 Å². The molecular weight excluding hydrogens is 298 g/mol. The molecule has 2 N–H and O–H groups in total. The van der Waals surface area contributed by atoms with Crippen molar-refractivity contribution in [2.75, 3.05) is 36.2 Å².